The normalized spacial score (nSPS) is 22.7. The van der Waals surface area contributed by atoms with Crippen LogP contribution in [0.2, 0.25) is 0 Å². The van der Waals surface area contributed by atoms with Crippen molar-refractivity contribution in [2.45, 2.75) is 25.3 Å². The topological polar surface area (TPSA) is 62.0 Å². The Morgan fingerprint density at radius 1 is 1.10 bits per heavy atom. The van der Waals surface area contributed by atoms with Crippen molar-refractivity contribution < 1.29 is 13.9 Å². The molecule has 4 heterocycles. The van der Waals surface area contributed by atoms with Crippen LogP contribution in [0.5, 0.6) is 0 Å². The Morgan fingerprint density at radius 3 is 2.62 bits per heavy atom. The van der Waals surface area contributed by atoms with Crippen LogP contribution >= 0.6 is 0 Å². The molecule has 0 radical (unpaired) electrons. The van der Waals surface area contributed by atoms with Crippen molar-refractivity contribution in [3.05, 3.63) is 47.2 Å². The maximum Gasteiger partial charge on any atom is 0.254 e. The van der Waals surface area contributed by atoms with Gasteiger partial charge in [-0.1, -0.05) is 0 Å². The quantitative estimate of drug-likeness (QED) is 0.792. The van der Waals surface area contributed by atoms with E-state index in [0.717, 1.165) is 68.5 Å². The van der Waals surface area contributed by atoms with Gasteiger partial charge in [0.1, 0.15) is 11.5 Å². The highest BCUT2D eigenvalue weighted by Gasteiger charge is 2.30. The number of oxazole rings is 1. The van der Waals surface area contributed by atoms with Gasteiger partial charge in [0.25, 0.3) is 5.91 Å². The molecular formula is C22H28N4O3. The molecule has 7 heteroatoms. The van der Waals surface area contributed by atoms with Gasteiger partial charge in [-0.05, 0) is 37.7 Å². The lowest BCUT2D eigenvalue weighted by atomic mass is 10.1. The van der Waals surface area contributed by atoms with Crippen LogP contribution < -0.4 is 4.90 Å². The van der Waals surface area contributed by atoms with Gasteiger partial charge in [0, 0.05) is 57.0 Å². The highest BCUT2D eigenvalue weighted by molar-refractivity contribution is 5.94. The van der Waals surface area contributed by atoms with Crippen LogP contribution in [-0.4, -0.2) is 73.7 Å². The second kappa shape index (κ2) is 7.80. The number of piperazine rings is 1. The van der Waals surface area contributed by atoms with Crippen molar-refractivity contribution in [1.82, 2.24) is 14.8 Å². The standard InChI is InChI=1S/C22H28N4O3/c1-24-9-11-25(12-10-24)18-4-2-16(3-5-18)22(27)26-8-6-20-19(14-26)23-21(29-20)17-7-13-28-15-17/h2-5,17H,6-15H2,1H3. The Bertz CT molecular complexity index is 865. The lowest BCUT2D eigenvalue weighted by Gasteiger charge is -2.34. The summed E-state index contributed by atoms with van der Waals surface area (Å²) < 4.78 is 11.4. The fourth-order valence-corrected chi connectivity index (χ4v) is 4.36. The number of carbonyl (C=O) groups excluding carboxylic acids is 1. The van der Waals surface area contributed by atoms with Gasteiger partial charge in [-0.25, -0.2) is 4.98 Å². The zero-order chi connectivity index (χ0) is 19.8. The van der Waals surface area contributed by atoms with Gasteiger partial charge in [0.2, 0.25) is 0 Å². The van der Waals surface area contributed by atoms with Crippen molar-refractivity contribution in [3.63, 3.8) is 0 Å². The minimum atomic E-state index is 0.0642. The smallest absolute Gasteiger partial charge is 0.254 e. The average molecular weight is 396 g/mol. The number of carbonyl (C=O) groups is 1. The van der Waals surface area contributed by atoms with E-state index in [1.54, 1.807) is 0 Å². The maximum atomic E-state index is 13.0. The summed E-state index contributed by atoms with van der Waals surface area (Å²) >= 11 is 0. The molecule has 5 rings (SSSR count). The number of fused-ring (bicyclic) bond motifs is 1. The molecule has 1 atom stereocenters. The third-order valence-electron chi connectivity index (χ3n) is 6.29. The zero-order valence-electron chi connectivity index (χ0n) is 17.0. The fourth-order valence-electron chi connectivity index (χ4n) is 4.36. The maximum absolute atomic E-state index is 13.0. The van der Waals surface area contributed by atoms with E-state index in [1.165, 1.54) is 5.69 Å². The summed E-state index contributed by atoms with van der Waals surface area (Å²) in [5, 5.41) is 0. The lowest BCUT2D eigenvalue weighted by molar-refractivity contribution is 0.0728. The van der Waals surface area contributed by atoms with E-state index in [-0.39, 0.29) is 11.8 Å². The van der Waals surface area contributed by atoms with E-state index in [2.05, 4.69) is 34.0 Å². The number of amides is 1. The third kappa shape index (κ3) is 3.76. The third-order valence-corrected chi connectivity index (χ3v) is 6.29. The summed E-state index contributed by atoms with van der Waals surface area (Å²) in [5.41, 5.74) is 2.83. The van der Waals surface area contributed by atoms with Crippen molar-refractivity contribution >= 4 is 11.6 Å². The van der Waals surface area contributed by atoms with E-state index >= 15 is 0 Å². The number of nitrogens with zero attached hydrogens (tertiary/aromatic N) is 4. The minimum Gasteiger partial charge on any atom is -0.445 e. The van der Waals surface area contributed by atoms with Crippen LogP contribution in [0.1, 0.15) is 40.0 Å². The molecule has 29 heavy (non-hydrogen) atoms. The number of rotatable bonds is 3. The monoisotopic (exact) mass is 396 g/mol. The van der Waals surface area contributed by atoms with Gasteiger partial charge in [0.05, 0.1) is 19.1 Å². The summed E-state index contributed by atoms with van der Waals surface area (Å²) in [6.45, 7) is 6.84. The molecule has 3 aliphatic heterocycles. The average Bonchev–Trinajstić information content (AvgIpc) is 3.43. The first-order valence-corrected chi connectivity index (χ1v) is 10.6. The predicted octanol–water partition coefficient (Wildman–Crippen LogP) is 2.13. The number of ether oxygens (including phenoxy) is 1. The number of likely N-dealkylation sites (N-methyl/N-ethyl adjacent to an activating group) is 1. The number of anilines is 1. The van der Waals surface area contributed by atoms with E-state index in [1.807, 2.05) is 17.0 Å². The fraction of sp³-hybridized carbons (Fsp3) is 0.545. The number of benzene rings is 1. The van der Waals surface area contributed by atoms with E-state index < -0.39 is 0 Å². The lowest BCUT2D eigenvalue weighted by Crippen LogP contribution is -2.44. The highest BCUT2D eigenvalue weighted by atomic mass is 16.5. The van der Waals surface area contributed by atoms with Crippen molar-refractivity contribution in [2.24, 2.45) is 0 Å². The first-order chi connectivity index (χ1) is 14.2. The van der Waals surface area contributed by atoms with Crippen LogP contribution in [0.25, 0.3) is 0 Å². The first kappa shape index (κ1) is 18.6. The van der Waals surface area contributed by atoms with Gasteiger partial charge >= 0.3 is 0 Å². The first-order valence-electron chi connectivity index (χ1n) is 10.6. The van der Waals surface area contributed by atoms with Gasteiger partial charge in [-0.15, -0.1) is 0 Å². The number of hydrogen-bond donors (Lipinski definition) is 0. The Kier molecular flexibility index (Phi) is 5.01. The largest absolute Gasteiger partial charge is 0.445 e. The molecule has 0 bridgehead atoms. The Hall–Kier alpha value is -2.38. The molecule has 0 saturated carbocycles. The summed E-state index contributed by atoms with van der Waals surface area (Å²) in [4.78, 5) is 24.3. The molecule has 154 valence electrons. The van der Waals surface area contributed by atoms with Crippen LogP contribution in [0.4, 0.5) is 5.69 Å². The van der Waals surface area contributed by atoms with Crippen LogP contribution in [-0.2, 0) is 17.7 Å². The molecule has 1 aromatic carbocycles. The highest BCUT2D eigenvalue weighted by Crippen LogP contribution is 2.29. The molecule has 0 N–H and O–H groups in total. The molecule has 0 spiro atoms. The van der Waals surface area contributed by atoms with Gasteiger partial charge in [-0.2, -0.15) is 0 Å². The molecule has 2 fully saturated rings. The molecule has 7 nitrogen and oxygen atoms in total. The van der Waals surface area contributed by atoms with Crippen LogP contribution in [0.3, 0.4) is 0 Å². The number of hydrogen-bond acceptors (Lipinski definition) is 6. The van der Waals surface area contributed by atoms with Gasteiger partial charge in [0.15, 0.2) is 5.89 Å². The summed E-state index contributed by atoms with van der Waals surface area (Å²) in [6.07, 6.45) is 1.68. The summed E-state index contributed by atoms with van der Waals surface area (Å²) in [7, 11) is 2.16. The Balaban J connectivity index is 1.25. The summed E-state index contributed by atoms with van der Waals surface area (Å²) in [5.74, 6) is 2.03. The molecule has 2 saturated heterocycles. The van der Waals surface area contributed by atoms with Crippen molar-refractivity contribution in [3.8, 4) is 0 Å². The molecule has 0 aliphatic carbocycles. The van der Waals surface area contributed by atoms with Gasteiger partial charge < -0.3 is 23.9 Å². The Morgan fingerprint density at radius 2 is 1.90 bits per heavy atom. The van der Waals surface area contributed by atoms with E-state index in [0.29, 0.717) is 19.7 Å². The van der Waals surface area contributed by atoms with Crippen molar-refractivity contribution in [2.75, 3.05) is 57.9 Å². The molecule has 3 aliphatic rings. The van der Waals surface area contributed by atoms with Crippen LogP contribution in [0, 0.1) is 0 Å². The predicted molar refractivity (Wildman–Crippen MR) is 109 cm³/mol. The molecule has 1 aromatic heterocycles. The zero-order valence-corrected chi connectivity index (χ0v) is 17.0. The van der Waals surface area contributed by atoms with E-state index in [4.69, 9.17) is 9.15 Å². The van der Waals surface area contributed by atoms with E-state index in [9.17, 15) is 4.79 Å². The minimum absolute atomic E-state index is 0.0642. The molecule has 1 amide bonds. The Labute approximate surface area is 171 Å². The molecule has 2 aromatic rings. The number of aromatic nitrogens is 1. The second-order valence-electron chi connectivity index (χ2n) is 8.30. The van der Waals surface area contributed by atoms with Gasteiger partial charge in [-0.3, -0.25) is 4.79 Å². The molecule has 1 unspecified atom stereocenters. The molecular weight excluding hydrogens is 368 g/mol. The van der Waals surface area contributed by atoms with Crippen LogP contribution in [0.15, 0.2) is 28.7 Å². The summed E-state index contributed by atoms with van der Waals surface area (Å²) in [6, 6.07) is 8.05. The second-order valence-corrected chi connectivity index (χ2v) is 8.30. The van der Waals surface area contributed by atoms with Crippen molar-refractivity contribution in [1.29, 1.82) is 0 Å². The SMILES string of the molecule is CN1CCN(c2ccc(C(=O)N3CCc4oc(C5CCOC5)nc4C3)cc2)CC1.